The van der Waals surface area contributed by atoms with Crippen LogP contribution in [-0.2, 0) is 17.7 Å². The van der Waals surface area contributed by atoms with Crippen molar-refractivity contribution < 1.29 is 4.74 Å². The summed E-state index contributed by atoms with van der Waals surface area (Å²) in [6, 6.07) is 1.82. The van der Waals surface area contributed by atoms with Gasteiger partial charge >= 0.3 is 0 Å². The van der Waals surface area contributed by atoms with E-state index >= 15 is 0 Å². The number of nitrogens with zero attached hydrogens (tertiary/aromatic N) is 2. The van der Waals surface area contributed by atoms with Crippen LogP contribution in [0.3, 0.4) is 0 Å². The number of nitrogens with two attached hydrogens (primary N) is 1. The van der Waals surface area contributed by atoms with Crippen LogP contribution in [0.2, 0.25) is 0 Å². The molecular weight excluding hydrogens is 166 g/mol. The minimum absolute atomic E-state index is 0.146. The molecule has 4 heteroatoms. The second kappa shape index (κ2) is 4.89. The molecule has 1 rings (SSSR count). The van der Waals surface area contributed by atoms with Crippen LogP contribution in [0.1, 0.15) is 18.4 Å². The zero-order valence-electron chi connectivity index (χ0n) is 8.03. The van der Waals surface area contributed by atoms with Gasteiger partial charge in [0, 0.05) is 26.3 Å². The molecule has 1 unspecified atom stereocenters. The fraction of sp³-hybridized carbons (Fsp3) is 0.556. The third-order valence-electron chi connectivity index (χ3n) is 1.84. The third kappa shape index (κ3) is 3.08. The van der Waals surface area contributed by atoms with Crippen molar-refractivity contribution in [2.75, 3.05) is 7.11 Å². The van der Waals surface area contributed by atoms with Crippen LogP contribution >= 0.6 is 0 Å². The van der Waals surface area contributed by atoms with Gasteiger partial charge in [0.1, 0.15) is 5.82 Å². The largest absolute Gasteiger partial charge is 0.381 e. The molecule has 1 aromatic heterocycles. The summed E-state index contributed by atoms with van der Waals surface area (Å²) in [4.78, 5) is 8.39. The van der Waals surface area contributed by atoms with Gasteiger partial charge in [0.2, 0.25) is 0 Å². The van der Waals surface area contributed by atoms with E-state index in [1.54, 1.807) is 13.3 Å². The summed E-state index contributed by atoms with van der Waals surface area (Å²) < 4.78 is 5.12. The summed E-state index contributed by atoms with van der Waals surface area (Å²) in [6.07, 6.45) is 2.60. The Kier molecular flexibility index (Phi) is 3.79. The molecule has 1 atom stereocenters. The Balaban J connectivity index is 2.66. The molecule has 0 aliphatic heterocycles. The highest BCUT2D eigenvalue weighted by Crippen LogP contribution is 2.00. The predicted octanol–water partition coefficient (Wildman–Crippen LogP) is 0.513. The van der Waals surface area contributed by atoms with Gasteiger partial charge < -0.3 is 10.5 Å². The zero-order chi connectivity index (χ0) is 9.68. The standard InChI is InChI=1S/C9H15N3O/c1-7(13-2)5-9-11-4-3-8(6-10)12-9/h3-4,7H,5-6,10H2,1-2H3. The number of ether oxygens (including phenoxy) is 1. The maximum Gasteiger partial charge on any atom is 0.131 e. The van der Waals surface area contributed by atoms with E-state index in [0.717, 1.165) is 17.9 Å². The number of hydrogen-bond donors (Lipinski definition) is 1. The van der Waals surface area contributed by atoms with Crippen molar-refractivity contribution in [3.8, 4) is 0 Å². The smallest absolute Gasteiger partial charge is 0.131 e. The molecule has 0 aliphatic rings. The van der Waals surface area contributed by atoms with Gasteiger partial charge in [-0.2, -0.15) is 0 Å². The van der Waals surface area contributed by atoms with E-state index in [0.29, 0.717) is 6.54 Å². The third-order valence-corrected chi connectivity index (χ3v) is 1.84. The van der Waals surface area contributed by atoms with Gasteiger partial charge in [-0.3, -0.25) is 0 Å². The molecule has 0 bridgehead atoms. The summed E-state index contributed by atoms with van der Waals surface area (Å²) in [7, 11) is 1.68. The first-order valence-corrected chi connectivity index (χ1v) is 4.30. The quantitative estimate of drug-likeness (QED) is 0.735. The average molecular weight is 181 g/mol. The van der Waals surface area contributed by atoms with Crippen molar-refractivity contribution in [3.05, 3.63) is 23.8 Å². The van der Waals surface area contributed by atoms with Gasteiger partial charge in [-0.05, 0) is 13.0 Å². The molecule has 0 fully saturated rings. The molecular formula is C9H15N3O. The summed E-state index contributed by atoms with van der Waals surface area (Å²) in [5, 5.41) is 0. The van der Waals surface area contributed by atoms with Crippen LogP contribution in [0.5, 0.6) is 0 Å². The molecule has 0 spiro atoms. The van der Waals surface area contributed by atoms with E-state index in [4.69, 9.17) is 10.5 Å². The summed E-state index contributed by atoms with van der Waals surface area (Å²) in [5.41, 5.74) is 6.33. The van der Waals surface area contributed by atoms with Gasteiger partial charge in [-0.1, -0.05) is 0 Å². The summed E-state index contributed by atoms with van der Waals surface area (Å²) >= 11 is 0. The van der Waals surface area contributed by atoms with Crippen molar-refractivity contribution >= 4 is 0 Å². The van der Waals surface area contributed by atoms with Crippen molar-refractivity contribution in [3.63, 3.8) is 0 Å². The Hall–Kier alpha value is -1.00. The molecule has 0 radical (unpaired) electrons. The van der Waals surface area contributed by atoms with Crippen molar-refractivity contribution in [1.82, 2.24) is 9.97 Å². The van der Waals surface area contributed by atoms with E-state index < -0.39 is 0 Å². The van der Waals surface area contributed by atoms with Crippen molar-refractivity contribution in [2.24, 2.45) is 5.73 Å². The lowest BCUT2D eigenvalue weighted by molar-refractivity contribution is 0.117. The summed E-state index contributed by atoms with van der Waals surface area (Å²) in [6.45, 7) is 2.44. The predicted molar refractivity (Wildman–Crippen MR) is 50.1 cm³/mol. The Morgan fingerprint density at radius 2 is 2.38 bits per heavy atom. The lowest BCUT2D eigenvalue weighted by Gasteiger charge is -2.07. The van der Waals surface area contributed by atoms with E-state index in [1.807, 2.05) is 13.0 Å². The number of rotatable bonds is 4. The van der Waals surface area contributed by atoms with Crippen molar-refractivity contribution in [2.45, 2.75) is 26.0 Å². The normalized spacial score (nSPS) is 12.8. The maximum absolute atomic E-state index is 5.46. The number of aromatic nitrogens is 2. The minimum atomic E-state index is 0.146. The van der Waals surface area contributed by atoms with Crippen LogP contribution in [-0.4, -0.2) is 23.2 Å². The molecule has 2 N–H and O–H groups in total. The van der Waals surface area contributed by atoms with Gasteiger partial charge in [0.25, 0.3) is 0 Å². The molecule has 0 aliphatic carbocycles. The average Bonchev–Trinajstić information content (AvgIpc) is 2.18. The van der Waals surface area contributed by atoms with E-state index in [9.17, 15) is 0 Å². The van der Waals surface area contributed by atoms with Crippen LogP contribution < -0.4 is 5.73 Å². The lowest BCUT2D eigenvalue weighted by atomic mass is 10.2. The fourth-order valence-corrected chi connectivity index (χ4v) is 0.994. The molecule has 0 aromatic carbocycles. The van der Waals surface area contributed by atoms with Crippen LogP contribution in [0, 0.1) is 0 Å². The Morgan fingerprint density at radius 1 is 1.62 bits per heavy atom. The van der Waals surface area contributed by atoms with Crippen LogP contribution in [0.25, 0.3) is 0 Å². The van der Waals surface area contributed by atoms with Gasteiger partial charge in [0.15, 0.2) is 0 Å². The van der Waals surface area contributed by atoms with Gasteiger partial charge in [-0.15, -0.1) is 0 Å². The highest BCUT2D eigenvalue weighted by atomic mass is 16.5. The Labute approximate surface area is 78.1 Å². The van der Waals surface area contributed by atoms with Gasteiger partial charge in [-0.25, -0.2) is 9.97 Å². The molecule has 72 valence electrons. The molecule has 0 saturated heterocycles. The molecule has 4 nitrogen and oxygen atoms in total. The summed E-state index contributed by atoms with van der Waals surface area (Å²) in [5.74, 6) is 0.789. The monoisotopic (exact) mass is 181 g/mol. The Bertz CT molecular complexity index is 265. The first-order valence-electron chi connectivity index (χ1n) is 4.30. The minimum Gasteiger partial charge on any atom is -0.381 e. The van der Waals surface area contributed by atoms with Crippen LogP contribution in [0.4, 0.5) is 0 Å². The van der Waals surface area contributed by atoms with E-state index in [2.05, 4.69) is 9.97 Å². The molecule has 0 saturated carbocycles. The Morgan fingerprint density at radius 3 is 3.00 bits per heavy atom. The van der Waals surface area contributed by atoms with E-state index in [1.165, 1.54) is 0 Å². The zero-order valence-corrected chi connectivity index (χ0v) is 8.03. The maximum atomic E-state index is 5.46. The molecule has 0 amide bonds. The van der Waals surface area contributed by atoms with Gasteiger partial charge in [0.05, 0.1) is 11.8 Å². The molecule has 1 aromatic rings. The number of hydrogen-bond acceptors (Lipinski definition) is 4. The molecule has 13 heavy (non-hydrogen) atoms. The second-order valence-corrected chi connectivity index (χ2v) is 2.92. The first-order chi connectivity index (χ1) is 6.26. The first kappa shape index (κ1) is 10.1. The lowest BCUT2D eigenvalue weighted by Crippen LogP contribution is -2.12. The highest BCUT2D eigenvalue weighted by molar-refractivity contribution is 5.02. The molecule has 1 heterocycles. The SMILES string of the molecule is COC(C)Cc1nccc(CN)n1. The topological polar surface area (TPSA) is 61.0 Å². The second-order valence-electron chi connectivity index (χ2n) is 2.92. The van der Waals surface area contributed by atoms with E-state index in [-0.39, 0.29) is 6.10 Å². The van der Waals surface area contributed by atoms with Crippen LogP contribution in [0.15, 0.2) is 12.3 Å². The fourth-order valence-electron chi connectivity index (χ4n) is 0.994. The van der Waals surface area contributed by atoms with Crippen molar-refractivity contribution in [1.29, 1.82) is 0 Å². The highest BCUT2D eigenvalue weighted by Gasteiger charge is 2.04. The number of methoxy groups -OCH3 is 1.